The van der Waals surface area contributed by atoms with Crippen LogP contribution < -0.4 is 9.47 Å². The molecule has 1 rings (SSSR count). The lowest BCUT2D eigenvalue weighted by Gasteiger charge is -2.11. The van der Waals surface area contributed by atoms with Crippen LogP contribution in [0.15, 0.2) is 18.2 Å². The van der Waals surface area contributed by atoms with E-state index in [9.17, 15) is 4.79 Å². The maximum absolute atomic E-state index is 10.6. The molecule has 0 fully saturated rings. The van der Waals surface area contributed by atoms with Crippen LogP contribution in [0.2, 0.25) is 0 Å². The molecular formula is C13H17BrO4. The fourth-order valence-electron chi connectivity index (χ4n) is 1.34. The summed E-state index contributed by atoms with van der Waals surface area (Å²) in [6.45, 7) is 0.847. The molecule has 0 unspecified atom stereocenters. The molecule has 0 saturated carbocycles. The Bertz CT molecular complexity index is 368. The number of unbranched alkanes of at least 4 members (excludes halogenated alkanes) is 1. The third-order valence-corrected chi connectivity index (χ3v) is 2.85. The average molecular weight is 317 g/mol. The zero-order chi connectivity index (χ0) is 13.2. The van der Waals surface area contributed by atoms with E-state index in [1.54, 1.807) is 18.2 Å². The Morgan fingerprint density at radius 3 is 2.78 bits per heavy atom. The van der Waals surface area contributed by atoms with Crippen LogP contribution in [0.25, 0.3) is 0 Å². The second-order valence-electron chi connectivity index (χ2n) is 3.59. The summed E-state index contributed by atoms with van der Waals surface area (Å²) < 4.78 is 15.9. The maximum atomic E-state index is 10.6. The van der Waals surface area contributed by atoms with Crippen LogP contribution in [0, 0.1) is 0 Å². The van der Waals surface area contributed by atoms with Crippen molar-refractivity contribution in [3.05, 3.63) is 23.8 Å². The van der Waals surface area contributed by atoms with Crippen LogP contribution in [-0.4, -0.2) is 32.1 Å². The number of alkyl halides is 1. The number of carbonyl (C=O) groups excluding carboxylic acids is 1. The Morgan fingerprint density at radius 1 is 1.28 bits per heavy atom. The molecule has 0 spiro atoms. The molecular weight excluding hydrogens is 300 g/mol. The molecule has 18 heavy (non-hydrogen) atoms. The molecule has 0 atom stereocenters. The zero-order valence-corrected chi connectivity index (χ0v) is 11.9. The van der Waals surface area contributed by atoms with E-state index in [-0.39, 0.29) is 6.79 Å². The number of methoxy groups -OCH3 is 1. The lowest BCUT2D eigenvalue weighted by molar-refractivity contribution is 0.0128. The summed E-state index contributed by atoms with van der Waals surface area (Å²) in [6.07, 6.45) is 2.84. The molecule has 100 valence electrons. The van der Waals surface area contributed by atoms with Crippen LogP contribution in [0.4, 0.5) is 0 Å². The first kappa shape index (κ1) is 15.0. The second kappa shape index (κ2) is 8.94. The lowest BCUT2D eigenvalue weighted by Crippen LogP contribution is -2.05. The third kappa shape index (κ3) is 5.06. The van der Waals surface area contributed by atoms with E-state index in [1.807, 2.05) is 0 Å². The molecule has 0 bridgehead atoms. The molecule has 5 heteroatoms. The Labute approximate surface area is 115 Å². The highest BCUT2D eigenvalue weighted by atomic mass is 79.9. The Balaban J connectivity index is 2.39. The number of benzene rings is 1. The first-order chi connectivity index (χ1) is 8.81. The van der Waals surface area contributed by atoms with Crippen molar-refractivity contribution in [1.82, 2.24) is 0 Å². The van der Waals surface area contributed by atoms with Gasteiger partial charge in [0.1, 0.15) is 6.29 Å². The van der Waals surface area contributed by atoms with Crippen molar-refractivity contribution < 1.29 is 19.0 Å². The molecule has 0 amide bonds. The largest absolute Gasteiger partial charge is 0.493 e. The number of carbonyl (C=O) groups is 1. The quantitative estimate of drug-likeness (QED) is 0.304. The van der Waals surface area contributed by atoms with Crippen LogP contribution in [0.1, 0.15) is 23.2 Å². The van der Waals surface area contributed by atoms with Gasteiger partial charge in [0.15, 0.2) is 18.3 Å². The number of aldehydes is 1. The number of rotatable bonds is 9. The van der Waals surface area contributed by atoms with Gasteiger partial charge < -0.3 is 14.2 Å². The van der Waals surface area contributed by atoms with Crippen molar-refractivity contribution in [3.63, 3.8) is 0 Å². The zero-order valence-electron chi connectivity index (χ0n) is 10.4. The Kier molecular flexibility index (Phi) is 7.44. The molecule has 1 aromatic rings. The number of halogens is 1. The van der Waals surface area contributed by atoms with E-state index >= 15 is 0 Å². The van der Waals surface area contributed by atoms with Gasteiger partial charge in [0, 0.05) is 10.9 Å². The first-order valence-corrected chi connectivity index (χ1v) is 6.83. The van der Waals surface area contributed by atoms with Crippen LogP contribution >= 0.6 is 15.9 Å². The Hall–Kier alpha value is -1.07. The minimum absolute atomic E-state index is 0.180. The number of ether oxygens (including phenoxy) is 3. The molecule has 0 aliphatic rings. The highest BCUT2D eigenvalue weighted by Crippen LogP contribution is 2.27. The van der Waals surface area contributed by atoms with E-state index in [4.69, 9.17) is 14.2 Å². The summed E-state index contributed by atoms with van der Waals surface area (Å²) in [5, 5.41) is 0.984. The third-order valence-electron chi connectivity index (χ3n) is 2.29. The number of hydrogen-bond donors (Lipinski definition) is 0. The maximum Gasteiger partial charge on any atom is 0.189 e. The monoisotopic (exact) mass is 316 g/mol. The standard InChI is InChI=1S/C13H17BrO4/c1-16-13-8-11(9-15)4-5-12(13)18-10-17-7-3-2-6-14/h4-5,8-9H,2-3,6-7,10H2,1H3. The predicted octanol–water partition coefficient (Wildman–Crippen LogP) is 3.04. The first-order valence-electron chi connectivity index (χ1n) is 5.71. The van der Waals surface area contributed by atoms with Gasteiger partial charge in [-0.2, -0.15) is 0 Å². The molecule has 0 aliphatic heterocycles. The summed E-state index contributed by atoms with van der Waals surface area (Å²) in [7, 11) is 1.54. The van der Waals surface area contributed by atoms with Gasteiger partial charge in [0.05, 0.1) is 13.7 Å². The summed E-state index contributed by atoms with van der Waals surface area (Å²) in [4.78, 5) is 10.6. The topological polar surface area (TPSA) is 44.8 Å². The highest BCUT2D eigenvalue weighted by molar-refractivity contribution is 9.09. The molecule has 0 saturated heterocycles. The summed E-state index contributed by atoms with van der Waals surface area (Å²) in [5.41, 5.74) is 0.553. The second-order valence-corrected chi connectivity index (χ2v) is 4.39. The molecule has 0 N–H and O–H groups in total. The van der Waals surface area contributed by atoms with Crippen LogP contribution in [0.5, 0.6) is 11.5 Å². The van der Waals surface area contributed by atoms with Gasteiger partial charge in [-0.3, -0.25) is 4.79 Å². The molecule has 0 aliphatic carbocycles. The molecule has 0 radical (unpaired) electrons. The van der Waals surface area contributed by atoms with Crippen LogP contribution in [-0.2, 0) is 4.74 Å². The average Bonchev–Trinajstić information content (AvgIpc) is 2.42. The van der Waals surface area contributed by atoms with Crippen LogP contribution in [0.3, 0.4) is 0 Å². The van der Waals surface area contributed by atoms with E-state index < -0.39 is 0 Å². The normalized spacial score (nSPS) is 10.1. The summed E-state index contributed by atoms with van der Waals surface area (Å²) in [5.74, 6) is 1.10. The van der Waals surface area contributed by atoms with Gasteiger partial charge >= 0.3 is 0 Å². The van der Waals surface area contributed by atoms with Crippen molar-refractivity contribution >= 4 is 22.2 Å². The van der Waals surface area contributed by atoms with Gasteiger partial charge in [-0.15, -0.1) is 0 Å². The smallest absolute Gasteiger partial charge is 0.189 e. The highest BCUT2D eigenvalue weighted by Gasteiger charge is 2.05. The number of hydrogen-bond acceptors (Lipinski definition) is 4. The minimum Gasteiger partial charge on any atom is -0.493 e. The van der Waals surface area contributed by atoms with Gasteiger partial charge in [0.2, 0.25) is 0 Å². The van der Waals surface area contributed by atoms with Crippen molar-refractivity contribution in [1.29, 1.82) is 0 Å². The fourth-order valence-corrected chi connectivity index (χ4v) is 1.74. The molecule has 4 nitrogen and oxygen atoms in total. The van der Waals surface area contributed by atoms with Crippen molar-refractivity contribution in [2.75, 3.05) is 25.8 Å². The summed E-state index contributed by atoms with van der Waals surface area (Å²) in [6, 6.07) is 5.01. The minimum atomic E-state index is 0.180. The van der Waals surface area contributed by atoms with Gasteiger partial charge in [-0.25, -0.2) is 0 Å². The van der Waals surface area contributed by atoms with E-state index in [1.165, 1.54) is 7.11 Å². The lowest BCUT2D eigenvalue weighted by atomic mass is 10.2. The van der Waals surface area contributed by atoms with E-state index in [0.29, 0.717) is 23.7 Å². The Morgan fingerprint density at radius 2 is 2.11 bits per heavy atom. The van der Waals surface area contributed by atoms with E-state index in [0.717, 1.165) is 24.5 Å². The SMILES string of the molecule is COc1cc(C=O)ccc1OCOCCCCBr. The van der Waals surface area contributed by atoms with E-state index in [2.05, 4.69) is 15.9 Å². The van der Waals surface area contributed by atoms with Crippen molar-refractivity contribution in [3.8, 4) is 11.5 Å². The fraction of sp³-hybridized carbons (Fsp3) is 0.462. The van der Waals surface area contributed by atoms with Crippen molar-refractivity contribution in [2.24, 2.45) is 0 Å². The van der Waals surface area contributed by atoms with Gasteiger partial charge in [-0.1, -0.05) is 15.9 Å². The molecule has 0 aromatic heterocycles. The molecule has 1 aromatic carbocycles. The van der Waals surface area contributed by atoms with Gasteiger partial charge in [-0.05, 0) is 31.0 Å². The van der Waals surface area contributed by atoms with Crippen molar-refractivity contribution in [2.45, 2.75) is 12.8 Å². The molecule has 0 heterocycles. The van der Waals surface area contributed by atoms with Gasteiger partial charge in [0.25, 0.3) is 0 Å². The summed E-state index contributed by atoms with van der Waals surface area (Å²) >= 11 is 3.36. The predicted molar refractivity (Wildman–Crippen MR) is 72.9 cm³/mol.